The molecule has 0 aliphatic heterocycles. The van der Waals surface area contributed by atoms with Gasteiger partial charge in [0.1, 0.15) is 17.3 Å². The van der Waals surface area contributed by atoms with E-state index in [0.717, 1.165) is 22.3 Å². The SMILES string of the molecule is C#Cc1nc(Nc2ccc(Oc3ccccc3)c(Cl)c2)c2ccccc2n1. The van der Waals surface area contributed by atoms with Crippen LogP contribution in [0.25, 0.3) is 10.9 Å². The van der Waals surface area contributed by atoms with E-state index < -0.39 is 0 Å². The maximum absolute atomic E-state index is 6.39. The molecule has 4 nitrogen and oxygen atoms in total. The van der Waals surface area contributed by atoms with Crippen molar-refractivity contribution in [1.82, 2.24) is 9.97 Å². The van der Waals surface area contributed by atoms with Crippen molar-refractivity contribution in [3.63, 3.8) is 0 Å². The second kappa shape index (κ2) is 7.36. The Bertz CT molecular complexity index is 1150. The normalized spacial score (nSPS) is 10.4. The van der Waals surface area contributed by atoms with Gasteiger partial charge in [0.2, 0.25) is 5.82 Å². The third kappa shape index (κ3) is 3.69. The van der Waals surface area contributed by atoms with E-state index in [0.29, 0.717) is 22.4 Å². The molecule has 0 unspecified atom stereocenters. The van der Waals surface area contributed by atoms with Gasteiger partial charge in [-0.15, -0.1) is 6.42 Å². The zero-order valence-electron chi connectivity index (χ0n) is 14.2. The van der Waals surface area contributed by atoms with Crippen LogP contribution in [-0.2, 0) is 0 Å². The number of halogens is 1. The van der Waals surface area contributed by atoms with Crippen molar-refractivity contribution < 1.29 is 4.74 Å². The standard InChI is InChI=1S/C22H14ClN3O/c1-2-21-25-19-11-7-6-10-17(19)22(26-21)24-15-12-13-20(18(23)14-15)27-16-8-4-3-5-9-16/h1,3-14H,(H,24,25,26). The molecule has 130 valence electrons. The molecule has 0 spiro atoms. The number of anilines is 2. The van der Waals surface area contributed by atoms with Crippen LogP contribution in [0.2, 0.25) is 5.02 Å². The lowest BCUT2D eigenvalue weighted by Crippen LogP contribution is -1.99. The third-order valence-electron chi connectivity index (χ3n) is 3.90. The summed E-state index contributed by atoms with van der Waals surface area (Å²) in [6.07, 6.45) is 5.48. The molecule has 0 radical (unpaired) electrons. The van der Waals surface area contributed by atoms with Gasteiger partial charge in [-0.05, 0) is 48.4 Å². The Hall–Kier alpha value is -3.55. The minimum atomic E-state index is 0.325. The Morgan fingerprint density at radius 1 is 0.926 bits per heavy atom. The highest BCUT2D eigenvalue weighted by Gasteiger charge is 2.09. The number of hydrogen-bond acceptors (Lipinski definition) is 4. The molecule has 5 heteroatoms. The third-order valence-corrected chi connectivity index (χ3v) is 4.19. The van der Waals surface area contributed by atoms with Crippen LogP contribution in [-0.4, -0.2) is 9.97 Å². The summed E-state index contributed by atoms with van der Waals surface area (Å²) in [6, 6.07) is 22.6. The fourth-order valence-electron chi connectivity index (χ4n) is 2.65. The maximum atomic E-state index is 6.39. The predicted octanol–water partition coefficient (Wildman–Crippen LogP) is 5.80. The zero-order valence-corrected chi connectivity index (χ0v) is 14.9. The van der Waals surface area contributed by atoms with Crippen molar-refractivity contribution >= 4 is 34.0 Å². The van der Waals surface area contributed by atoms with Gasteiger partial charge in [-0.2, -0.15) is 0 Å². The molecule has 0 saturated heterocycles. The van der Waals surface area contributed by atoms with Gasteiger partial charge in [-0.3, -0.25) is 0 Å². The van der Waals surface area contributed by atoms with Crippen molar-refractivity contribution in [2.75, 3.05) is 5.32 Å². The molecule has 27 heavy (non-hydrogen) atoms. The van der Waals surface area contributed by atoms with Crippen molar-refractivity contribution in [3.8, 4) is 23.8 Å². The first-order valence-electron chi connectivity index (χ1n) is 8.26. The summed E-state index contributed by atoms with van der Waals surface area (Å²) in [5.74, 6) is 4.73. The minimum Gasteiger partial charge on any atom is -0.456 e. The van der Waals surface area contributed by atoms with Gasteiger partial charge in [-0.1, -0.05) is 41.9 Å². The van der Waals surface area contributed by atoms with Gasteiger partial charge in [-0.25, -0.2) is 9.97 Å². The molecule has 1 aromatic heterocycles. The van der Waals surface area contributed by atoms with Crippen molar-refractivity contribution in [3.05, 3.63) is 83.6 Å². The zero-order chi connectivity index (χ0) is 18.6. The molecule has 0 saturated carbocycles. The molecule has 0 aliphatic rings. The molecule has 0 aliphatic carbocycles. The van der Waals surface area contributed by atoms with Crippen molar-refractivity contribution in [2.45, 2.75) is 0 Å². The van der Waals surface area contributed by atoms with Crippen LogP contribution in [0.15, 0.2) is 72.8 Å². The Kier molecular flexibility index (Phi) is 4.61. The highest BCUT2D eigenvalue weighted by molar-refractivity contribution is 6.32. The largest absolute Gasteiger partial charge is 0.456 e. The number of ether oxygens (including phenoxy) is 1. The lowest BCUT2D eigenvalue weighted by molar-refractivity contribution is 0.483. The van der Waals surface area contributed by atoms with E-state index in [9.17, 15) is 0 Å². The van der Waals surface area contributed by atoms with E-state index >= 15 is 0 Å². The van der Waals surface area contributed by atoms with E-state index in [-0.39, 0.29) is 0 Å². The second-order valence-corrected chi connectivity index (χ2v) is 6.15. The lowest BCUT2D eigenvalue weighted by Gasteiger charge is -2.12. The van der Waals surface area contributed by atoms with Crippen LogP contribution in [0.1, 0.15) is 5.82 Å². The Morgan fingerprint density at radius 3 is 2.48 bits per heavy atom. The van der Waals surface area contributed by atoms with Crippen molar-refractivity contribution in [2.24, 2.45) is 0 Å². The summed E-state index contributed by atoms with van der Waals surface area (Å²) < 4.78 is 5.81. The Morgan fingerprint density at radius 2 is 1.70 bits per heavy atom. The summed E-state index contributed by atoms with van der Waals surface area (Å²) >= 11 is 6.39. The summed E-state index contributed by atoms with van der Waals surface area (Å²) in [5.41, 5.74) is 1.55. The van der Waals surface area contributed by atoms with Crippen LogP contribution < -0.4 is 10.1 Å². The van der Waals surface area contributed by atoms with E-state index in [1.807, 2.05) is 66.7 Å². The molecular formula is C22H14ClN3O. The highest BCUT2D eigenvalue weighted by atomic mass is 35.5. The average Bonchev–Trinajstić information content (AvgIpc) is 2.70. The molecule has 0 fully saturated rings. The van der Waals surface area contributed by atoms with Gasteiger partial charge in [0.25, 0.3) is 0 Å². The molecule has 3 aromatic carbocycles. The smallest absolute Gasteiger partial charge is 0.207 e. The van der Waals surface area contributed by atoms with Crippen LogP contribution >= 0.6 is 11.6 Å². The Balaban J connectivity index is 1.65. The highest BCUT2D eigenvalue weighted by Crippen LogP contribution is 2.33. The monoisotopic (exact) mass is 371 g/mol. The van der Waals surface area contributed by atoms with Crippen LogP contribution in [0.3, 0.4) is 0 Å². The van der Waals surface area contributed by atoms with E-state index in [4.69, 9.17) is 22.8 Å². The molecule has 0 atom stereocenters. The maximum Gasteiger partial charge on any atom is 0.207 e. The first kappa shape index (κ1) is 16.9. The first-order valence-corrected chi connectivity index (χ1v) is 8.63. The summed E-state index contributed by atoms with van der Waals surface area (Å²) in [4.78, 5) is 8.74. The van der Waals surface area contributed by atoms with Crippen LogP contribution in [0.4, 0.5) is 11.5 Å². The van der Waals surface area contributed by atoms with Gasteiger partial charge >= 0.3 is 0 Å². The number of benzene rings is 3. The fraction of sp³-hybridized carbons (Fsp3) is 0. The Labute approximate surface area is 161 Å². The van der Waals surface area contributed by atoms with Gasteiger partial charge in [0.05, 0.1) is 10.5 Å². The molecule has 1 heterocycles. The van der Waals surface area contributed by atoms with E-state index in [1.54, 1.807) is 6.07 Å². The molecule has 0 amide bonds. The number of nitrogens with one attached hydrogen (secondary N) is 1. The average molecular weight is 372 g/mol. The summed E-state index contributed by atoms with van der Waals surface area (Å²) in [6.45, 7) is 0. The van der Waals surface area contributed by atoms with Gasteiger partial charge < -0.3 is 10.1 Å². The number of fused-ring (bicyclic) bond motifs is 1. The summed E-state index contributed by atoms with van der Waals surface area (Å²) in [7, 11) is 0. The molecule has 4 rings (SSSR count). The van der Waals surface area contributed by atoms with Gasteiger partial charge in [0, 0.05) is 11.1 Å². The van der Waals surface area contributed by atoms with E-state index in [2.05, 4.69) is 21.2 Å². The fourth-order valence-corrected chi connectivity index (χ4v) is 2.87. The summed E-state index contributed by atoms with van der Waals surface area (Å²) in [5, 5.41) is 4.62. The predicted molar refractivity (Wildman–Crippen MR) is 109 cm³/mol. The van der Waals surface area contributed by atoms with E-state index in [1.165, 1.54) is 0 Å². The van der Waals surface area contributed by atoms with Crippen LogP contribution in [0, 0.1) is 12.3 Å². The van der Waals surface area contributed by atoms with Crippen molar-refractivity contribution in [1.29, 1.82) is 0 Å². The quantitative estimate of drug-likeness (QED) is 0.460. The minimum absolute atomic E-state index is 0.325. The number of aromatic nitrogens is 2. The first-order chi connectivity index (χ1) is 13.2. The number of terminal acetylenes is 1. The number of rotatable bonds is 4. The molecular weight excluding hydrogens is 358 g/mol. The van der Waals surface area contributed by atoms with Crippen LogP contribution in [0.5, 0.6) is 11.5 Å². The lowest BCUT2D eigenvalue weighted by atomic mass is 10.2. The topological polar surface area (TPSA) is 47.0 Å². The number of para-hydroxylation sites is 2. The molecule has 0 bridgehead atoms. The van der Waals surface area contributed by atoms with Gasteiger partial charge in [0.15, 0.2) is 0 Å². The number of hydrogen-bond donors (Lipinski definition) is 1. The molecule has 1 N–H and O–H groups in total. The molecule has 4 aromatic rings. The second-order valence-electron chi connectivity index (χ2n) is 5.74. The number of nitrogens with zero attached hydrogens (tertiary/aromatic N) is 2.